The van der Waals surface area contributed by atoms with Crippen LogP contribution in [0, 0.1) is 0 Å². The highest BCUT2D eigenvalue weighted by Crippen LogP contribution is 2.26. The molecular weight excluding hydrogens is 376 g/mol. The van der Waals surface area contributed by atoms with Gasteiger partial charge >= 0.3 is 0 Å². The van der Waals surface area contributed by atoms with Gasteiger partial charge in [-0.15, -0.1) is 0 Å². The Morgan fingerprint density at radius 3 is 2.14 bits per heavy atom. The van der Waals surface area contributed by atoms with E-state index in [2.05, 4.69) is 30.3 Å². The summed E-state index contributed by atoms with van der Waals surface area (Å²) < 4.78 is 2.50. The molecule has 0 bridgehead atoms. The maximum atomic E-state index is 13.3. The van der Waals surface area contributed by atoms with E-state index in [1.807, 2.05) is 72.8 Å². The molecule has 0 spiro atoms. The van der Waals surface area contributed by atoms with Crippen molar-refractivity contribution in [2.75, 3.05) is 0 Å². The summed E-state index contributed by atoms with van der Waals surface area (Å²) in [7, 11) is 0. The van der Waals surface area contributed by atoms with Gasteiger partial charge in [0.1, 0.15) is 0 Å². The summed E-state index contributed by atoms with van der Waals surface area (Å²) in [5, 5.41) is 0. The molecule has 0 unspecified atom stereocenters. The fourth-order valence-corrected chi connectivity index (χ4v) is 4.56. The number of hydrogen-bond donors (Lipinski definition) is 0. The number of hydrogen-bond acceptors (Lipinski definition) is 3. The largest absolute Gasteiger partial charge is 0.272 e. The van der Waals surface area contributed by atoms with Crippen LogP contribution in [0.5, 0.6) is 0 Å². The summed E-state index contributed by atoms with van der Waals surface area (Å²) in [4.78, 5) is 18.9. The van der Waals surface area contributed by atoms with E-state index in [1.165, 1.54) is 11.3 Å². The molecule has 2 heterocycles. The predicted molar refractivity (Wildman–Crippen MR) is 118 cm³/mol. The van der Waals surface area contributed by atoms with Crippen LogP contribution in [0.2, 0.25) is 0 Å². The first-order chi connectivity index (χ1) is 14.3. The molecular formula is C25H18N2OS. The minimum atomic E-state index is -0.180. The number of benzene rings is 3. The van der Waals surface area contributed by atoms with Gasteiger partial charge in [-0.2, -0.15) is 0 Å². The molecule has 3 nitrogen and oxygen atoms in total. The minimum absolute atomic E-state index is 0.00480. The molecule has 1 atom stereocenters. The lowest BCUT2D eigenvalue weighted by Gasteiger charge is -2.19. The van der Waals surface area contributed by atoms with Crippen molar-refractivity contribution in [2.45, 2.75) is 6.04 Å². The fourth-order valence-electron chi connectivity index (χ4n) is 3.54. The second-order valence-corrected chi connectivity index (χ2v) is 7.87. The van der Waals surface area contributed by atoms with Crippen LogP contribution in [0.1, 0.15) is 22.7 Å². The number of aromatic nitrogens is 1. The first kappa shape index (κ1) is 17.6. The number of allylic oxidation sites excluding steroid dienone is 1. The van der Waals surface area contributed by atoms with Crippen molar-refractivity contribution in [2.24, 2.45) is 4.99 Å². The molecule has 1 aromatic heterocycles. The fraction of sp³-hybridized carbons (Fsp3) is 0.0400. The molecule has 4 aromatic rings. The summed E-state index contributed by atoms with van der Waals surface area (Å²) in [5.41, 5.74) is 4.02. The van der Waals surface area contributed by atoms with Gasteiger partial charge in [-0.3, -0.25) is 9.36 Å². The number of fused-ring (bicyclic) bond motifs is 1. The van der Waals surface area contributed by atoms with Gasteiger partial charge in [0.25, 0.3) is 5.56 Å². The molecule has 5 rings (SSSR count). The average Bonchev–Trinajstić information content (AvgIpc) is 3.10. The average molecular weight is 394 g/mol. The van der Waals surface area contributed by atoms with Crippen molar-refractivity contribution in [3.63, 3.8) is 0 Å². The van der Waals surface area contributed by atoms with Crippen molar-refractivity contribution in [3.8, 4) is 0 Å². The van der Waals surface area contributed by atoms with Gasteiger partial charge in [-0.25, -0.2) is 4.99 Å². The van der Waals surface area contributed by atoms with Gasteiger partial charge in [-0.05, 0) is 28.8 Å². The molecule has 29 heavy (non-hydrogen) atoms. The van der Waals surface area contributed by atoms with Crippen LogP contribution in [0.15, 0.2) is 107 Å². The van der Waals surface area contributed by atoms with Crippen LogP contribution >= 0.6 is 11.3 Å². The molecule has 0 aliphatic carbocycles. The third-order valence-corrected chi connectivity index (χ3v) is 5.94. The molecule has 0 amide bonds. The molecule has 0 saturated carbocycles. The van der Waals surface area contributed by atoms with Gasteiger partial charge in [-0.1, -0.05) is 102 Å². The van der Waals surface area contributed by atoms with Crippen LogP contribution in [-0.4, -0.2) is 4.57 Å². The zero-order valence-corrected chi connectivity index (χ0v) is 16.4. The molecule has 0 saturated heterocycles. The quantitative estimate of drug-likeness (QED) is 0.517. The zero-order chi connectivity index (χ0) is 19.6. The van der Waals surface area contributed by atoms with Crippen molar-refractivity contribution >= 4 is 23.1 Å². The van der Waals surface area contributed by atoms with Gasteiger partial charge in [0.2, 0.25) is 0 Å². The summed E-state index contributed by atoms with van der Waals surface area (Å²) in [5.74, 6) is 0. The van der Waals surface area contributed by atoms with Crippen LogP contribution in [0.4, 0.5) is 0 Å². The second-order valence-electron chi connectivity index (χ2n) is 6.86. The maximum Gasteiger partial charge on any atom is 0.271 e. The van der Waals surface area contributed by atoms with Crippen LogP contribution in [0.3, 0.4) is 0 Å². The van der Waals surface area contributed by atoms with Crippen molar-refractivity contribution in [1.82, 2.24) is 4.57 Å². The van der Waals surface area contributed by atoms with Gasteiger partial charge in [0.05, 0.1) is 16.3 Å². The first-order valence-electron chi connectivity index (χ1n) is 9.49. The molecule has 0 N–H and O–H groups in total. The Balaban J connectivity index is 1.75. The molecule has 3 aromatic carbocycles. The lowest BCUT2D eigenvalue weighted by Crippen LogP contribution is -2.36. The molecule has 0 radical (unpaired) electrons. The highest BCUT2D eigenvalue weighted by atomic mass is 32.1. The van der Waals surface area contributed by atoms with E-state index >= 15 is 0 Å². The van der Waals surface area contributed by atoms with Crippen LogP contribution < -0.4 is 14.9 Å². The van der Waals surface area contributed by atoms with E-state index in [4.69, 9.17) is 4.99 Å². The van der Waals surface area contributed by atoms with E-state index in [-0.39, 0.29) is 11.6 Å². The standard InChI is InChI=1S/C25H18N2OS/c28-24-23(16-18-10-4-1-5-11-18)29-25-26-21(19-12-6-2-7-13-19)17-22(27(24)25)20-14-8-3-9-15-20/h1-17,22H/b23-16-/t22-/m0/s1. The summed E-state index contributed by atoms with van der Waals surface area (Å²) in [6, 6.07) is 30.0. The number of rotatable bonds is 3. The van der Waals surface area contributed by atoms with Crippen LogP contribution in [-0.2, 0) is 0 Å². The van der Waals surface area contributed by atoms with Gasteiger partial charge in [0.15, 0.2) is 4.80 Å². The lowest BCUT2D eigenvalue weighted by atomic mass is 10.0. The highest BCUT2D eigenvalue weighted by molar-refractivity contribution is 7.07. The maximum absolute atomic E-state index is 13.3. The highest BCUT2D eigenvalue weighted by Gasteiger charge is 2.22. The topological polar surface area (TPSA) is 34.4 Å². The predicted octanol–water partition coefficient (Wildman–Crippen LogP) is 4.00. The number of nitrogens with zero attached hydrogens (tertiary/aromatic N) is 2. The van der Waals surface area contributed by atoms with Gasteiger partial charge < -0.3 is 0 Å². The van der Waals surface area contributed by atoms with E-state index in [1.54, 1.807) is 4.57 Å². The van der Waals surface area contributed by atoms with E-state index in [0.717, 1.165) is 27.2 Å². The second kappa shape index (κ2) is 7.49. The summed E-state index contributed by atoms with van der Waals surface area (Å²) in [6.45, 7) is 0. The molecule has 0 fully saturated rings. The Kier molecular flexibility index (Phi) is 4.54. The van der Waals surface area contributed by atoms with E-state index in [9.17, 15) is 4.79 Å². The Hall–Kier alpha value is -3.50. The normalized spacial score (nSPS) is 16.1. The Morgan fingerprint density at radius 1 is 0.828 bits per heavy atom. The number of thiazole rings is 1. The molecule has 4 heteroatoms. The van der Waals surface area contributed by atoms with E-state index in [0.29, 0.717) is 4.53 Å². The minimum Gasteiger partial charge on any atom is -0.272 e. The molecule has 1 aliphatic rings. The monoisotopic (exact) mass is 394 g/mol. The molecule has 1 aliphatic heterocycles. The van der Waals surface area contributed by atoms with Crippen LogP contribution in [0.25, 0.3) is 11.8 Å². The van der Waals surface area contributed by atoms with Crippen molar-refractivity contribution in [3.05, 3.63) is 133 Å². The smallest absolute Gasteiger partial charge is 0.271 e. The summed E-state index contributed by atoms with van der Waals surface area (Å²) in [6.07, 6.45) is 4.02. The Labute approximate surface area is 172 Å². The summed E-state index contributed by atoms with van der Waals surface area (Å²) >= 11 is 1.44. The molecule has 140 valence electrons. The van der Waals surface area contributed by atoms with Crippen molar-refractivity contribution in [1.29, 1.82) is 0 Å². The third kappa shape index (κ3) is 3.39. The Bertz CT molecular complexity index is 1350. The SMILES string of the molecule is O=c1/c(=C/c2ccccc2)sc2n1[C@H](c1ccccc1)C=C(c1ccccc1)N=2. The van der Waals surface area contributed by atoms with Gasteiger partial charge in [0, 0.05) is 0 Å². The van der Waals surface area contributed by atoms with Crippen molar-refractivity contribution < 1.29 is 0 Å². The Morgan fingerprint density at radius 2 is 1.45 bits per heavy atom. The lowest BCUT2D eigenvalue weighted by molar-refractivity contribution is 0.644. The first-order valence-corrected chi connectivity index (χ1v) is 10.3. The van der Waals surface area contributed by atoms with E-state index < -0.39 is 0 Å². The third-order valence-electron chi connectivity index (χ3n) is 4.95. The zero-order valence-electron chi connectivity index (χ0n) is 15.6.